The van der Waals surface area contributed by atoms with Gasteiger partial charge in [0.25, 0.3) is 0 Å². The first-order valence-corrected chi connectivity index (χ1v) is 4.27. The van der Waals surface area contributed by atoms with E-state index < -0.39 is 0 Å². The van der Waals surface area contributed by atoms with Gasteiger partial charge in [-0.15, -0.1) is 0 Å². The van der Waals surface area contributed by atoms with Crippen LogP contribution in [0.15, 0.2) is 18.5 Å². The van der Waals surface area contributed by atoms with Crippen LogP contribution in [0.25, 0.3) is 0 Å². The standard InChI is InChI=1S/C7H8N2O.C2H6/c1-2-8-5-6-7(1)10-4-3-9-6;1-2/h1-2,5,9H,3-4H2;1-2H3. The number of anilines is 1. The van der Waals surface area contributed by atoms with Gasteiger partial charge in [0.15, 0.2) is 0 Å². The molecule has 1 aliphatic heterocycles. The van der Waals surface area contributed by atoms with Crippen LogP contribution in [0.1, 0.15) is 13.8 Å². The summed E-state index contributed by atoms with van der Waals surface area (Å²) in [6.45, 7) is 5.62. The molecule has 0 saturated carbocycles. The Labute approximate surface area is 72.8 Å². The van der Waals surface area contributed by atoms with Crippen molar-refractivity contribution < 1.29 is 4.74 Å². The van der Waals surface area contributed by atoms with Gasteiger partial charge in [-0.3, -0.25) is 4.98 Å². The molecule has 2 rings (SSSR count). The van der Waals surface area contributed by atoms with Crippen molar-refractivity contribution >= 4 is 5.69 Å². The molecule has 1 aromatic heterocycles. The topological polar surface area (TPSA) is 34.2 Å². The Bertz CT molecular complexity index is 213. The zero-order chi connectivity index (χ0) is 8.81. The van der Waals surface area contributed by atoms with E-state index in [0.717, 1.165) is 24.6 Å². The van der Waals surface area contributed by atoms with Crippen LogP contribution in [-0.4, -0.2) is 18.1 Å². The highest BCUT2D eigenvalue weighted by Crippen LogP contribution is 2.24. The maximum absolute atomic E-state index is 5.32. The summed E-state index contributed by atoms with van der Waals surface area (Å²) in [7, 11) is 0. The first-order chi connectivity index (χ1) is 5.97. The molecule has 3 nitrogen and oxygen atoms in total. The van der Waals surface area contributed by atoms with Gasteiger partial charge in [0.05, 0.1) is 11.9 Å². The summed E-state index contributed by atoms with van der Waals surface area (Å²) in [6, 6.07) is 1.86. The normalized spacial score (nSPS) is 12.8. The maximum atomic E-state index is 5.32. The lowest BCUT2D eigenvalue weighted by Gasteiger charge is -2.17. The van der Waals surface area contributed by atoms with Crippen molar-refractivity contribution in [1.29, 1.82) is 0 Å². The van der Waals surface area contributed by atoms with Crippen LogP contribution in [0, 0.1) is 0 Å². The molecule has 3 heteroatoms. The van der Waals surface area contributed by atoms with Gasteiger partial charge in [-0.25, -0.2) is 0 Å². The maximum Gasteiger partial charge on any atom is 0.145 e. The van der Waals surface area contributed by atoms with Gasteiger partial charge in [0.2, 0.25) is 0 Å². The van der Waals surface area contributed by atoms with Crippen LogP contribution in [0.4, 0.5) is 5.69 Å². The monoisotopic (exact) mass is 166 g/mol. The molecule has 2 heterocycles. The van der Waals surface area contributed by atoms with E-state index in [-0.39, 0.29) is 0 Å². The second-order valence-corrected chi connectivity index (χ2v) is 2.15. The number of rotatable bonds is 0. The lowest BCUT2D eigenvalue weighted by Crippen LogP contribution is -2.17. The molecular weight excluding hydrogens is 152 g/mol. The number of hydrogen-bond donors (Lipinski definition) is 1. The van der Waals surface area contributed by atoms with Crippen LogP contribution in [0.2, 0.25) is 0 Å². The molecule has 0 atom stereocenters. The van der Waals surface area contributed by atoms with Crippen LogP contribution in [0.3, 0.4) is 0 Å². The highest BCUT2D eigenvalue weighted by molar-refractivity contribution is 5.55. The first kappa shape index (κ1) is 8.84. The third-order valence-corrected chi connectivity index (χ3v) is 1.46. The van der Waals surface area contributed by atoms with Crippen molar-refractivity contribution in [3.05, 3.63) is 18.5 Å². The van der Waals surface area contributed by atoms with Gasteiger partial charge in [0, 0.05) is 18.8 Å². The highest BCUT2D eigenvalue weighted by Gasteiger charge is 2.06. The summed E-state index contributed by atoms with van der Waals surface area (Å²) in [5, 5.41) is 3.18. The van der Waals surface area contributed by atoms with E-state index in [1.807, 2.05) is 19.9 Å². The quantitative estimate of drug-likeness (QED) is 0.639. The fourth-order valence-corrected chi connectivity index (χ4v) is 0.987. The molecule has 0 radical (unpaired) electrons. The Hall–Kier alpha value is -1.25. The fraction of sp³-hybridized carbons (Fsp3) is 0.444. The summed E-state index contributed by atoms with van der Waals surface area (Å²) in [5.74, 6) is 0.904. The molecule has 0 unspecified atom stereocenters. The van der Waals surface area contributed by atoms with Crippen molar-refractivity contribution in [3.8, 4) is 5.75 Å². The molecular formula is C9H14N2O. The van der Waals surface area contributed by atoms with Crippen molar-refractivity contribution in [1.82, 2.24) is 4.98 Å². The minimum atomic E-state index is 0.747. The number of ether oxygens (including phenoxy) is 1. The largest absolute Gasteiger partial charge is 0.489 e. The van der Waals surface area contributed by atoms with Crippen molar-refractivity contribution in [2.45, 2.75) is 13.8 Å². The van der Waals surface area contributed by atoms with E-state index in [1.165, 1.54) is 0 Å². The summed E-state index contributed by atoms with van der Waals surface area (Å²) < 4.78 is 5.32. The molecule has 1 aliphatic rings. The van der Waals surface area contributed by atoms with Gasteiger partial charge in [0.1, 0.15) is 12.4 Å². The van der Waals surface area contributed by atoms with Crippen molar-refractivity contribution in [2.24, 2.45) is 0 Å². The zero-order valence-corrected chi connectivity index (χ0v) is 7.50. The molecule has 0 spiro atoms. The van der Waals surface area contributed by atoms with E-state index in [1.54, 1.807) is 12.4 Å². The van der Waals surface area contributed by atoms with Crippen LogP contribution in [-0.2, 0) is 0 Å². The van der Waals surface area contributed by atoms with Gasteiger partial charge in [-0.1, -0.05) is 13.8 Å². The number of hydrogen-bond acceptors (Lipinski definition) is 3. The summed E-state index contributed by atoms with van der Waals surface area (Å²) >= 11 is 0. The Kier molecular flexibility index (Phi) is 3.38. The third kappa shape index (κ3) is 1.87. The second-order valence-electron chi connectivity index (χ2n) is 2.15. The lowest BCUT2D eigenvalue weighted by atomic mass is 10.3. The molecule has 0 aromatic carbocycles. The lowest BCUT2D eigenvalue weighted by molar-refractivity contribution is 0.323. The Morgan fingerprint density at radius 1 is 1.50 bits per heavy atom. The van der Waals surface area contributed by atoms with E-state index in [0.29, 0.717) is 0 Å². The summed E-state index contributed by atoms with van der Waals surface area (Å²) in [4.78, 5) is 3.96. The minimum absolute atomic E-state index is 0.747. The number of nitrogens with one attached hydrogen (secondary N) is 1. The molecule has 66 valence electrons. The number of aromatic nitrogens is 1. The van der Waals surface area contributed by atoms with Gasteiger partial charge >= 0.3 is 0 Å². The van der Waals surface area contributed by atoms with Crippen molar-refractivity contribution in [3.63, 3.8) is 0 Å². The second kappa shape index (κ2) is 4.59. The summed E-state index contributed by atoms with van der Waals surface area (Å²) in [6.07, 6.45) is 3.50. The van der Waals surface area contributed by atoms with Gasteiger partial charge in [-0.2, -0.15) is 0 Å². The average Bonchev–Trinajstić information content (AvgIpc) is 2.21. The SMILES string of the molecule is CC.c1cc2c(cn1)NCCO2. The average molecular weight is 166 g/mol. The molecule has 0 amide bonds. The van der Waals surface area contributed by atoms with E-state index in [9.17, 15) is 0 Å². The molecule has 0 saturated heterocycles. The number of fused-ring (bicyclic) bond motifs is 1. The van der Waals surface area contributed by atoms with Gasteiger partial charge in [-0.05, 0) is 0 Å². The van der Waals surface area contributed by atoms with Crippen LogP contribution in [0.5, 0.6) is 5.75 Å². The van der Waals surface area contributed by atoms with Gasteiger partial charge < -0.3 is 10.1 Å². The molecule has 12 heavy (non-hydrogen) atoms. The molecule has 1 aromatic rings. The fourth-order valence-electron chi connectivity index (χ4n) is 0.987. The molecule has 1 N–H and O–H groups in total. The third-order valence-electron chi connectivity index (χ3n) is 1.46. The Balaban J connectivity index is 0.000000336. The molecule has 0 fully saturated rings. The van der Waals surface area contributed by atoms with E-state index >= 15 is 0 Å². The van der Waals surface area contributed by atoms with Crippen LogP contribution < -0.4 is 10.1 Å². The smallest absolute Gasteiger partial charge is 0.145 e. The zero-order valence-electron chi connectivity index (χ0n) is 7.50. The highest BCUT2D eigenvalue weighted by atomic mass is 16.5. The van der Waals surface area contributed by atoms with E-state index in [4.69, 9.17) is 4.74 Å². The summed E-state index contributed by atoms with van der Waals surface area (Å²) in [5.41, 5.74) is 0.994. The minimum Gasteiger partial charge on any atom is -0.489 e. The first-order valence-electron chi connectivity index (χ1n) is 4.27. The Morgan fingerprint density at radius 3 is 3.08 bits per heavy atom. The predicted octanol–water partition coefficient (Wildman–Crippen LogP) is 1.91. The van der Waals surface area contributed by atoms with Crippen molar-refractivity contribution in [2.75, 3.05) is 18.5 Å². The molecule has 0 aliphatic carbocycles. The van der Waals surface area contributed by atoms with Crippen LogP contribution >= 0.6 is 0 Å². The van der Waals surface area contributed by atoms with E-state index in [2.05, 4.69) is 10.3 Å². The molecule has 0 bridgehead atoms. The predicted molar refractivity (Wildman–Crippen MR) is 49.6 cm³/mol. The number of nitrogens with zero attached hydrogens (tertiary/aromatic N) is 1. The number of pyridine rings is 1. The Morgan fingerprint density at radius 2 is 2.33 bits per heavy atom.